The lowest BCUT2D eigenvalue weighted by molar-refractivity contribution is -0.137. The molecule has 0 bridgehead atoms. The van der Waals surface area contributed by atoms with Crippen molar-refractivity contribution in [3.05, 3.63) is 80.1 Å². The highest BCUT2D eigenvalue weighted by Crippen LogP contribution is 2.42. The topological polar surface area (TPSA) is 45.5 Å². The number of halogens is 4. The van der Waals surface area contributed by atoms with E-state index in [4.69, 9.17) is 11.6 Å². The third kappa shape index (κ3) is 4.31. The van der Waals surface area contributed by atoms with E-state index in [0.717, 1.165) is 43.3 Å². The quantitative estimate of drug-likeness (QED) is 0.442. The second kappa shape index (κ2) is 8.93. The van der Waals surface area contributed by atoms with Crippen molar-refractivity contribution in [2.45, 2.75) is 50.1 Å². The zero-order valence-electron chi connectivity index (χ0n) is 18.6. The molecule has 0 radical (unpaired) electrons. The Morgan fingerprint density at radius 1 is 1.09 bits per heavy atom. The zero-order chi connectivity index (χ0) is 24.0. The molecular weight excluding hydrogens is 465 g/mol. The largest absolute Gasteiger partial charge is 0.428 e. The molecule has 1 aliphatic carbocycles. The summed E-state index contributed by atoms with van der Waals surface area (Å²) in [5, 5.41) is 11.9. The molecule has 0 saturated carbocycles. The summed E-state index contributed by atoms with van der Waals surface area (Å²) in [4.78, 5) is 15.9. The summed E-state index contributed by atoms with van der Waals surface area (Å²) in [5.41, 5.74) is 1.16. The molecule has 2 aliphatic rings. The first kappa shape index (κ1) is 23.2. The summed E-state index contributed by atoms with van der Waals surface area (Å²) < 4.78 is 41.1. The highest BCUT2D eigenvalue weighted by molar-refractivity contribution is 6.31. The van der Waals surface area contributed by atoms with Crippen molar-refractivity contribution in [1.29, 1.82) is 0 Å². The molecule has 2 unspecified atom stereocenters. The number of pyridine rings is 1. The summed E-state index contributed by atoms with van der Waals surface area (Å²) in [6.45, 7) is 2.86. The number of hydrogen-bond donors (Lipinski definition) is 1. The molecule has 2 aromatic carbocycles. The Balaban J connectivity index is 1.59. The molecule has 1 N–H and O–H groups in total. The fourth-order valence-electron chi connectivity index (χ4n) is 5.64. The Morgan fingerprint density at radius 3 is 2.59 bits per heavy atom. The van der Waals surface area contributed by atoms with Gasteiger partial charge in [-0.15, -0.1) is 0 Å². The van der Waals surface area contributed by atoms with Gasteiger partial charge in [-0.2, -0.15) is 17.9 Å². The molecule has 2 atom stereocenters. The van der Waals surface area contributed by atoms with E-state index in [0.29, 0.717) is 52.0 Å². The van der Waals surface area contributed by atoms with Gasteiger partial charge >= 0.3 is 6.18 Å². The highest BCUT2D eigenvalue weighted by Gasteiger charge is 2.35. The summed E-state index contributed by atoms with van der Waals surface area (Å²) in [7, 11) is 0. The van der Waals surface area contributed by atoms with Gasteiger partial charge in [0.15, 0.2) is 5.43 Å². The van der Waals surface area contributed by atoms with Gasteiger partial charge in [0.25, 0.3) is 0 Å². The van der Waals surface area contributed by atoms with E-state index in [1.165, 1.54) is 12.1 Å². The normalized spacial score (nSPS) is 21.2. The SMILES string of the molecule is O=c1c2c(n(O)c3ccc(Cl)cc13)CC(c1cccc(C(F)(F)F)c1)CC2CCN1CCCC1. The Bertz CT molecular complexity index is 1280. The number of alkyl halides is 3. The summed E-state index contributed by atoms with van der Waals surface area (Å²) in [6, 6.07) is 10.2. The molecule has 4 nitrogen and oxygen atoms in total. The molecule has 1 aromatic heterocycles. The molecule has 34 heavy (non-hydrogen) atoms. The molecular formula is C26H26ClF3N2O2. The average Bonchev–Trinajstić information content (AvgIpc) is 3.34. The summed E-state index contributed by atoms with van der Waals surface area (Å²) >= 11 is 6.14. The van der Waals surface area contributed by atoms with Gasteiger partial charge in [-0.25, -0.2) is 0 Å². The molecule has 0 amide bonds. The van der Waals surface area contributed by atoms with Gasteiger partial charge in [0.05, 0.1) is 22.2 Å². The fourth-order valence-corrected chi connectivity index (χ4v) is 5.81. The first-order valence-corrected chi connectivity index (χ1v) is 12.1. The second-order valence-electron chi connectivity index (χ2n) is 9.46. The lowest BCUT2D eigenvalue weighted by Crippen LogP contribution is -2.31. The van der Waals surface area contributed by atoms with Crippen LogP contribution in [0.5, 0.6) is 0 Å². The summed E-state index contributed by atoms with van der Waals surface area (Å²) in [5.74, 6) is -0.404. The van der Waals surface area contributed by atoms with Crippen molar-refractivity contribution in [1.82, 2.24) is 9.63 Å². The van der Waals surface area contributed by atoms with Crippen LogP contribution in [0.4, 0.5) is 13.2 Å². The predicted molar refractivity (Wildman–Crippen MR) is 126 cm³/mol. The highest BCUT2D eigenvalue weighted by atomic mass is 35.5. The summed E-state index contributed by atoms with van der Waals surface area (Å²) in [6.07, 6.45) is -0.553. The van der Waals surface area contributed by atoms with Crippen molar-refractivity contribution in [2.75, 3.05) is 19.6 Å². The molecule has 1 saturated heterocycles. The maximum atomic E-state index is 13.6. The monoisotopic (exact) mass is 490 g/mol. The van der Waals surface area contributed by atoms with Gasteiger partial charge in [-0.05, 0) is 93.4 Å². The minimum absolute atomic E-state index is 0.147. The Kier molecular flexibility index (Phi) is 6.10. The third-order valence-electron chi connectivity index (χ3n) is 7.34. The van der Waals surface area contributed by atoms with Crippen LogP contribution < -0.4 is 5.43 Å². The van der Waals surface area contributed by atoms with E-state index in [1.54, 1.807) is 24.3 Å². The number of nitrogens with zero attached hydrogens (tertiary/aromatic N) is 2. The van der Waals surface area contributed by atoms with Crippen molar-refractivity contribution < 1.29 is 18.4 Å². The van der Waals surface area contributed by atoms with Gasteiger partial charge in [0.2, 0.25) is 0 Å². The number of benzene rings is 2. The van der Waals surface area contributed by atoms with E-state index >= 15 is 0 Å². The predicted octanol–water partition coefficient (Wildman–Crippen LogP) is 6.21. The van der Waals surface area contributed by atoms with E-state index in [1.807, 2.05) is 0 Å². The first-order valence-electron chi connectivity index (χ1n) is 11.7. The van der Waals surface area contributed by atoms with Gasteiger partial charge in [-0.1, -0.05) is 29.8 Å². The third-order valence-corrected chi connectivity index (χ3v) is 7.57. The van der Waals surface area contributed by atoms with Crippen molar-refractivity contribution >= 4 is 22.5 Å². The Hall–Kier alpha value is -2.51. The van der Waals surface area contributed by atoms with E-state index < -0.39 is 11.7 Å². The van der Waals surface area contributed by atoms with Crippen LogP contribution in [0, 0.1) is 0 Å². The van der Waals surface area contributed by atoms with Crippen LogP contribution in [0.1, 0.15) is 59.9 Å². The van der Waals surface area contributed by atoms with Gasteiger partial charge in [0, 0.05) is 10.6 Å². The Labute approximate surface area is 200 Å². The van der Waals surface area contributed by atoms with Crippen LogP contribution in [0.15, 0.2) is 47.3 Å². The number of aromatic nitrogens is 1. The number of hydrogen-bond acceptors (Lipinski definition) is 3. The van der Waals surface area contributed by atoms with Crippen LogP contribution in [0.3, 0.4) is 0 Å². The molecule has 8 heteroatoms. The number of rotatable bonds is 4. The van der Waals surface area contributed by atoms with E-state index in [2.05, 4.69) is 4.90 Å². The smallest absolute Gasteiger partial charge is 0.416 e. The molecule has 2 heterocycles. The van der Waals surface area contributed by atoms with Gasteiger partial charge in [-0.3, -0.25) is 4.79 Å². The molecule has 3 aromatic rings. The van der Waals surface area contributed by atoms with Crippen LogP contribution in [0.2, 0.25) is 5.02 Å². The first-order chi connectivity index (χ1) is 16.2. The zero-order valence-corrected chi connectivity index (χ0v) is 19.4. The lowest BCUT2D eigenvalue weighted by Gasteiger charge is -2.33. The van der Waals surface area contributed by atoms with Crippen LogP contribution in [-0.4, -0.2) is 34.5 Å². The second-order valence-corrected chi connectivity index (χ2v) is 9.89. The number of fused-ring (bicyclic) bond motifs is 2. The Morgan fingerprint density at radius 2 is 1.85 bits per heavy atom. The van der Waals surface area contributed by atoms with Crippen LogP contribution in [-0.2, 0) is 12.6 Å². The van der Waals surface area contributed by atoms with Crippen LogP contribution >= 0.6 is 11.6 Å². The van der Waals surface area contributed by atoms with Crippen molar-refractivity contribution in [2.24, 2.45) is 0 Å². The van der Waals surface area contributed by atoms with Crippen molar-refractivity contribution in [3.63, 3.8) is 0 Å². The maximum Gasteiger partial charge on any atom is 0.416 e. The molecule has 0 spiro atoms. The standard InChI is InChI=1S/C26H26ClF3N2O2/c27-20-6-7-22-21(15-20)25(33)24-17(8-11-31-9-1-2-10-31)12-18(14-23(24)32(22)34)16-4-3-5-19(13-16)26(28,29)30/h3-7,13,15,17-18,34H,1-2,8-12,14H2. The molecule has 5 rings (SSSR count). The minimum atomic E-state index is -4.42. The van der Waals surface area contributed by atoms with Gasteiger partial charge < -0.3 is 10.1 Å². The fraction of sp³-hybridized carbons (Fsp3) is 0.423. The molecule has 180 valence electrons. The van der Waals surface area contributed by atoms with E-state index in [-0.39, 0.29) is 17.3 Å². The van der Waals surface area contributed by atoms with Crippen LogP contribution in [0.25, 0.3) is 10.9 Å². The van der Waals surface area contributed by atoms with E-state index in [9.17, 15) is 23.2 Å². The molecule has 1 fully saturated rings. The number of likely N-dealkylation sites (tertiary alicyclic amines) is 1. The minimum Gasteiger partial charge on any atom is -0.428 e. The maximum absolute atomic E-state index is 13.6. The van der Waals surface area contributed by atoms with Crippen molar-refractivity contribution in [3.8, 4) is 0 Å². The van der Waals surface area contributed by atoms with Gasteiger partial charge in [0.1, 0.15) is 0 Å². The molecule has 1 aliphatic heterocycles. The average molecular weight is 491 g/mol. The lowest BCUT2D eigenvalue weighted by atomic mass is 9.74.